The van der Waals surface area contributed by atoms with Crippen molar-refractivity contribution < 1.29 is 13.2 Å². The van der Waals surface area contributed by atoms with Gasteiger partial charge in [-0.05, 0) is 49.4 Å². The molecule has 3 rings (SSSR count). The van der Waals surface area contributed by atoms with Crippen LogP contribution in [0.3, 0.4) is 0 Å². The molecule has 29 heavy (non-hydrogen) atoms. The smallest absolute Gasteiger partial charge is 0.264 e. The van der Waals surface area contributed by atoms with E-state index in [-0.39, 0.29) is 10.8 Å². The van der Waals surface area contributed by atoms with Crippen molar-refractivity contribution >= 4 is 33.0 Å². The first-order valence-corrected chi connectivity index (χ1v) is 10.6. The SMILES string of the molecule is C[C@H](Nc1cccc(S(=O)(=O)N(C)c2ccccc2)c1)C(=O)Nc1ccccc1. The molecule has 0 bridgehead atoms. The van der Waals surface area contributed by atoms with Gasteiger partial charge in [0, 0.05) is 18.4 Å². The summed E-state index contributed by atoms with van der Waals surface area (Å²) in [5, 5.41) is 5.88. The number of carbonyl (C=O) groups excluding carboxylic acids is 1. The van der Waals surface area contributed by atoms with E-state index in [1.807, 2.05) is 24.3 Å². The predicted molar refractivity (Wildman–Crippen MR) is 117 cm³/mol. The number of carbonyl (C=O) groups is 1. The molecule has 0 aliphatic heterocycles. The summed E-state index contributed by atoms with van der Waals surface area (Å²) in [6.07, 6.45) is 0. The molecular formula is C22H23N3O3S. The van der Waals surface area contributed by atoms with Crippen LogP contribution in [-0.2, 0) is 14.8 Å². The quantitative estimate of drug-likeness (QED) is 0.619. The number of amides is 1. The number of anilines is 3. The van der Waals surface area contributed by atoms with Crippen molar-refractivity contribution in [3.05, 3.63) is 84.9 Å². The van der Waals surface area contributed by atoms with Crippen LogP contribution >= 0.6 is 0 Å². The van der Waals surface area contributed by atoms with Crippen LogP contribution in [0.15, 0.2) is 89.8 Å². The summed E-state index contributed by atoms with van der Waals surface area (Å²) in [6, 6.07) is 23.9. The Kier molecular flexibility index (Phi) is 6.19. The molecule has 150 valence electrons. The standard InChI is InChI=1S/C22H23N3O3S/c1-17(22(26)24-18-10-5-3-6-11-18)23-19-12-9-15-21(16-19)29(27,28)25(2)20-13-7-4-8-14-20/h3-17,23H,1-2H3,(H,24,26)/t17-/m0/s1. The zero-order valence-corrected chi connectivity index (χ0v) is 17.1. The number of sulfonamides is 1. The van der Waals surface area contributed by atoms with Gasteiger partial charge in [0.25, 0.3) is 10.0 Å². The van der Waals surface area contributed by atoms with Crippen LogP contribution in [0.5, 0.6) is 0 Å². The predicted octanol–water partition coefficient (Wildman–Crippen LogP) is 3.95. The van der Waals surface area contributed by atoms with E-state index in [1.165, 1.54) is 23.5 Å². The van der Waals surface area contributed by atoms with E-state index >= 15 is 0 Å². The molecule has 0 aromatic heterocycles. The normalized spacial score (nSPS) is 12.1. The van der Waals surface area contributed by atoms with Crippen LogP contribution in [0.1, 0.15) is 6.92 Å². The van der Waals surface area contributed by atoms with Gasteiger partial charge in [0.05, 0.1) is 10.6 Å². The van der Waals surface area contributed by atoms with Gasteiger partial charge in [-0.3, -0.25) is 9.10 Å². The van der Waals surface area contributed by atoms with Gasteiger partial charge in [-0.25, -0.2) is 8.42 Å². The summed E-state index contributed by atoms with van der Waals surface area (Å²) < 4.78 is 27.2. The fraction of sp³-hybridized carbons (Fsp3) is 0.136. The van der Waals surface area contributed by atoms with E-state index in [0.717, 1.165) is 0 Å². The first-order chi connectivity index (χ1) is 13.9. The van der Waals surface area contributed by atoms with Crippen molar-refractivity contribution in [1.82, 2.24) is 0 Å². The minimum absolute atomic E-state index is 0.143. The summed E-state index contributed by atoms with van der Waals surface area (Å²) >= 11 is 0. The molecule has 0 saturated heterocycles. The van der Waals surface area contributed by atoms with E-state index in [9.17, 15) is 13.2 Å². The highest BCUT2D eigenvalue weighted by Crippen LogP contribution is 2.24. The van der Waals surface area contributed by atoms with Crippen molar-refractivity contribution in [2.45, 2.75) is 17.9 Å². The van der Waals surface area contributed by atoms with Crippen LogP contribution in [0.4, 0.5) is 17.1 Å². The molecular weight excluding hydrogens is 386 g/mol. The summed E-state index contributed by atoms with van der Waals surface area (Å²) in [5.41, 5.74) is 1.82. The van der Waals surface area contributed by atoms with E-state index < -0.39 is 16.1 Å². The molecule has 0 heterocycles. The molecule has 0 aliphatic carbocycles. The topological polar surface area (TPSA) is 78.5 Å². The Hall–Kier alpha value is -3.32. The van der Waals surface area contributed by atoms with Crippen LogP contribution in [0.2, 0.25) is 0 Å². The van der Waals surface area contributed by atoms with Gasteiger partial charge < -0.3 is 10.6 Å². The number of hydrogen-bond acceptors (Lipinski definition) is 4. The molecule has 0 aliphatic rings. The van der Waals surface area contributed by atoms with Crippen molar-refractivity contribution in [3.63, 3.8) is 0 Å². The van der Waals surface area contributed by atoms with Gasteiger partial charge in [0.15, 0.2) is 0 Å². The third-order valence-corrected chi connectivity index (χ3v) is 6.21. The van der Waals surface area contributed by atoms with E-state index in [2.05, 4.69) is 10.6 Å². The first kappa shape index (κ1) is 20.4. The number of nitrogens with zero attached hydrogens (tertiary/aromatic N) is 1. The Morgan fingerprint density at radius 3 is 2.10 bits per heavy atom. The van der Waals surface area contributed by atoms with Crippen molar-refractivity contribution in [3.8, 4) is 0 Å². The number of nitrogens with one attached hydrogen (secondary N) is 2. The maximum atomic E-state index is 13.0. The number of hydrogen-bond donors (Lipinski definition) is 2. The number of para-hydroxylation sites is 2. The molecule has 1 atom stereocenters. The average molecular weight is 410 g/mol. The summed E-state index contributed by atoms with van der Waals surface area (Å²) in [4.78, 5) is 12.5. The second-order valence-corrected chi connectivity index (χ2v) is 8.53. The Balaban J connectivity index is 1.74. The van der Waals surface area contributed by atoms with E-state index in [0.29, 0.717) is 17.1 Å². The molecule has 1 amide bonds. The molecule has 6 nitrogen and oxygen atoms in total. The maximum absolute atomic E-state index is 13.0. The molecule has 3 aromatic rings. The summed E-state index contributed by atoms with van der Waals surface area (Å²) in [7, 11) is -2.21. The van der Waals surface area contributed by atoms with E-state index in [4.69, 9.17) is 0 Å². The third-order valence-electron chi connectivity index (χ3n) is 4.43. The Bertz CT molecular complexity index is 1070. The van der Waals surface area contributed by atoms with Gasteiger partial charge in [0.1, 0.15) is 6.04 Å². The molecule has 0 radical (unpaired) electrons. The molecule has 0 fully saturated rings. The number of benzene rings is 3. The molecule has 3 aromatic carbocycles. The van der Waals surface area contributed by atoms with Crippen molar-refractivity contribution in [2.24, 2.45) is 0 Å². The zero-order valence-electron chi connectivity index (χ0n) is 16.2. The van der Waals surface area contributed by atoms with E-state index in [1.54, 1.807) is 55.5 Å². The fourth-order valence-electron chi connectivity index (χ4n) is 2.77. The number of rotatable bonds is 7. The lowest BCUT2D eigenvalue weighted by Crippen LogP contribution is -2.32. The second-order valence-electron chi connectivity index (χ2n) is 6.56. The highest BCUT2D eigenvalue weighted by molar-refractivity contribution is 7.92. The maximum Gasteiger partial charge on any atom is 0.264 e. The first-order valence-electron chi connectivity index (χ1n) is 9.14. The highest BCUT2D eigenvalue weighted by Gasteiger charge is 2.22. The van der Waals surface area contributed by atoms with Gasteiger partial charge in [-0.1, -0.05) is 42.5 Å². The minimum Gasteiger partial charge on any atom is -0.374 e. The van der Waals surface area contributed by atoms with Crippen LogP contribution in [-0.4, -0.2) is 27.4 Å². The Morgan fingerprint density at radius 1 is 0.862 bits per heavy atom. The van der Waals surface area contributed by atoms with Gasteiger partial charge in [-0.15, -0.1) is 0 Å². The fourth-order valence-corrected chi connectivity index (χ4v) is 4.01. The molecule has 7 heteroatoms. The minimum atomic E-state index is -3.73. The lowest BCUT2D eigenvalue weighted by Gasteiger charge is -2.20. The van der Waals surface area contributed by atoms with Crippen LogP contribution in [0, 0.1) is 0 Å². The molecule has 0 spiro atoms. The third kappa shape index (κ3) is 4.94. The zero-order chi connectivity index (χ0) is 20.9. The summed E-state index contributed by atoms with van der Waals surface area (Å²) in [6.45, 7) is 1.72. The van der Waals surface area contributed by atoms with Crippen LogP contribution < -0.4 is 14.9 Å². The van der Waals surface area contributed by atoms with Gasteiger partial charge >= 0.3 is 0 Å². The van der Waals surface area contributed by atoms with Crippen molar-refractivity contribution in [2.75, 3.05) is 22.0 Å². The van der Waals surface area contributed by atoms with Crippen molar-refractivity contribution in [1.29, 1.82) is 0 Å². The monoisotopic (exact) mass is 409 g/mol. The lowest BCUT2D eigenvalue weighted by molar-refractivity contribution is -0.116. The molecule has 0 saturated carbocycles. The Labute approximate surface area is 171 Å². The largest absolute Gasteiger partial charge is 0.374 e. The second kappa shape index (κ2) is 8.79. The average Bonchev–Trinajstić information content (AvgIpc) is 2.74. The molecule has 0 unspecified atom stereocenters. The Morgan fingerprint density at radius 2 is 1.45 bits per heavy atom. The lowest BCUT2D eigenvalue weighted by atomic mass is 10.2. The van der Waals surface area contributed by atoms with Gasteiger partial charge in [-0.2, -0.15) is 0 Å². The summed E-state index contributed by atoms with van der Waals surface area (Å²) in [5.74, 6) is -0.217. The van der Waals surface area contributed by atoms with Crippen LogP contribution in [0.25, 0.3) is 0 Å². The highest BCUT2D eigenvalue weighted by atomic mass is 32.2. The molecule has 2 N–H and O–H groups in total. The van der Waals surface area contributed by atoms with Gasteiger partial charge in [0.2, 0.25) is 5.91 Å².